The third-order valence-electron chi connectivity index (χ3n) is 0.837. The highest BCUT2D eigenvalue weighted by Crippen LogP contribution is 1.84. The second kappa shape index (κ2) is 1.93. The van der Waals surface area contributed by atoms with Crippen LogP contribution in [0.1, 0.15) is 0 Å². The lowest BCUT2D eigenvalue weighted by atomic mass is 10.7. The van der Waals surface area contributed by atoms with Gasteiger partial charge in [0.15, 0.2) is 0 Å². The van der Waals surface area contributed by atoms with Crippen LogP contribution in [0.5, 0.6) is 0 Å². The zero-order valence-electron chi connectivity index (χ0n) is 4.33. The Morgan fingerprint density at radius 3 is 2.86 bits per heavy atom. The van der Waals surface area contributed by atoms with E-state index in [-0.39, 0.29) is 9.84 Å². The predicted molar refractivity (Wildman–Crippen MR) is 33.9 cm³/mol. The Morgan fingerprint density at radius 1 is 1.71 bits per heavy atom. The first-order chi connectivity index (χ1) is 3.39. The first kappa shape index (κ1) is 4.58. The van der Waals surface area contributed by atoms with E-state index in [2.05, 4.69) is 22.5 Å². The fraction of sp³-hybridized carbons (Fsp3) is 0.250. The highest BCUT2D eigenvalue weighted by molar-refractivity contribution is 6.33. The lowest BCUT2D eigenvalue weighted by molar-refractivity contribution is 0.727. The van der Waals surface area contributed by atoms with Gasteiger partial charge in [-0.05, 0) is 19.3 Å². The Morgan fingerprint density at radius 2 is 2.57 bits per heavy atom. The van der Waals surface area contributed by atoms with Crippen molar-refractivity contribution in [2.45, 2.75) is 0 Å². The van der Waals surface area contributed by atoms with Gasteiger partial charge in [0, 0.05) is 6.21 Å². The molecule has 0 aromatic heterocycles. The van der Waals surface area contributed by atoms with Crippen LogP contribution in [-0.2, 0) is 0 Å². The Hall–Kier alpha value is -0.573. The summed E-state index contributed by atoms with van der Waals surface area (Å²) in [6.45, 7) is 0. The van der Waals surface area contributed by atoms with Crippen molar-refractivity contribution >= 4 is 16.1 Å². The Labute approximate surface area is 45.5 Å². The van der Waals surface area contributed by atoms with Crippen LogP contribution in [0.4, 0.5) is 0 Å². The van der Waals surface area contributed by atoms with E-state index in [0.29, 0.717) is 0 Å². The molecule has 2 nitrogen and oxygen atoms in total. The van der Waals surface area contributed by atoms with Crippen molar-refractivity contribution in [3.8, 4) is 0 Å². The maximum absolute atomic E-state index is 4.11. The maximum atomic E-state index is 4.11. The summed E-state index contributed by atoms with van der Waals surface area (Å²) in [5.41, 5.74) is 0. The lowest BCUT2D eigenvalue weighted by Crippen LogP contribution is -2.16. The highest BCUT2D eigenvalue weighted by atomic mass is 28.2. The Balaban J connectivity index is 2.49. The van der Waals surface area contributed by atoms with E-state index in [4.69, 9.17) is 0 Å². The molecule has 0 fully saturated rings. The van der Waals surface area contributed by atoms with Crippen molar-refractivity contribution in [1.82, 2.24) is 4.57 Å². The van der Waals surface area contributed by atoms with Gasteiger partial charge >= 0.3 is 0 Å². The highest BCUT2D eigenvalue weighted by Gasteiger charge is 1.88. The van der Waals surface area contributed by atoms with Gasteiger partial charge in [0.2, 0.25) is 0 Å². The molecule has 0 spiro atoms. The first-order valence-electron chi connectivity index (χ1n) is 2.26. The SMILES string of the molecule is CN1C=CC=N[SiH2]1. The van der Waals surface area contributed by atoms with Crippen LogP contribution < -0.4 is 0 Å². The normalized spacial score (nSPS) is 21.6. The number of rotatable bonds is 0. The van der Waals surface area contributed by atoms with E-state index in [1.54, 1.807) is 0 Å². The first-order valence-corrected chi connectivity index (χ1v) is 3.53. The van der Waals surface area contributed by atoms with Gasteiger partial charge in [-0.2, -0.15) is 0 Å². The van der Waals surface area contributed by atoms with Gasteiger partial charge in [0.25, 0.3) is 9.84 Å². The molecule has 1 aliphatic heterocycles. The summed E-state index contributed by atoms with van der Waals surface area (Å²) >= 11 is 0. The summed E-state index contributed by atoms with van der Waals surface area (Å²) < 4.78 is 6.26. The summed E-state index contributed by atoms with van der Waals surface area (Å²) in [5.74, 6) is 0. The maximum Gasteiger partial charge on any atom is 0.251 e. The molecule has 0 atom stereocenters. The van der Waals surface area contributed by atoms with Crippen LogP contribution in [0.15, 0.2) is 16.9 Å². The summed E-state index contributed by atoms with van der Waals surface area (Å²) in [7, 11) is 1.80. The minimum Gasteiger partial charge on any atom is -0.393 e. The van der Waals surface area contributed by atoms with Gasteiger partial charge in [-0.3, -0.25) is 0 Å². The molecular weight excluding hydrogens is 104 g/mol. The zero-order chi connectivity index (χ0) is 5.11. The number of hydrogen-bond acceptors (Lipinski definition) is 2. The molecule has 7 heavy (non-hydrogen) atoms. The number of nitrogens with zero attached hydrogens (tertiary/aromatic N) is 2. The van der Waals surface area contributed by atoms with E-state index < -0.39 is 0 Å². The van der Waals surface area contributed by atoms with Crippen molar-refractivity contribution in [3.63, 3.8) is 0 Å². The fourth-order valence-corrected chi connectivity index (χ4v) is 1.16. The molecule has 3 heteroatoms. The number of hydrogen-bond donors (Lipinski definition) is 0. The van der Waals surface area contributed by atoms with E-state index in [1.165, 1.54) is 0 Å². The Bertz CT molecular complexity index is 108. The molecule has 0 saturated carbocycles. The van der Waals surface area contributed by atoms with Crippen molar-refractivity contribution in [1.29, 1.82) is 0 Å². The molecular formula is C4H8N2Si. The van der Waals surface area contributed by atoms with E-state index in [0.717, 1.165) is 0 Å². The van der Waals surface area contributed by atoms with Crippen LogP contribution in [0.3, 0.4) is 0 Å². The molecule has 0 unspecified atom stereocenters. The number of allylic oxidation sites excluding steroid dienone is 1. The summed E-state index contributed by atoms with van der Waals surface area (Å²) in [5, 5.41) is 0. The molecule has 0 saturated heterocycles. The monoisotopic (exact) mass is 112 g/mol. The Kier molecular flexibility index (Phi) is 1.26. The fourth-order valence-electron chi connectivity index (χ4n) is 0.469. The van der Waals surface area contributed by atoms with Gasteiger partial charge in [-0.15, -0.1) is 0 Å². The summed E-state index contributed by atoms with van der Waals surface area (Å²) in [4.78, 5) is 0. The quantitative estimate of drug-likeness (QED) is 0.386. The molecule has 0 aromatic carbocycles. The van der Waals surface area contributed by atoms with Crippen LogP contribution >= 0.6 is 0 Å². The van der Waals surface area contributed by atoms with Gasteiger partial charge in [-0.1, -0.05) is 0 Å². The summed E-state index contributed by atoms with van der Waals surface area (Å²) in [6.07, 6.45) is 5.88. The largest absolute Gasteiger partial charge is 0.393 e. The standard InChI is InChI=1S/C4H8N2Si/c1-6-4-2-3-5-7-6/h2-4H,7H2,1H3. The average Bonchev–Trinajstić information content (AvgIpc) is 1.69. The summed E-state index contributed by atoms with van der Waals surface area (Å²) in [6, 6.07) is 0. The van der Waals surface area contributed by atoms with Crippen LogP contribution in [0.2, 0.25) is 0 Å². The third kappa shape index (κ3) is 1.16. The van der Waals surface area contributed by atoms with E-state index in [1.807, 2.05) is 12.3 Å². The lowest BCUT2D eigenvalue weighted by Gasteiger charge is -2.10. The van der Waals surface area contributed by atoms with Gasteiger partial charge in [0.1, 0.15) is 0 Å². The molecule has 0 N–H and O–H groups in total. The molecule has 0 amide bonds. The minimum absolute atomic E-state index is 0.251. The van der Waals surface area contributed by atoms with Crippen LogP contribution in [0, 0.1) is 0 Å². The third-order valence-corrected chi connectivity index (χ3v) is 1.87. The molecule has 0 bridgehead atoms. The molecule has 1 aliphatic rings. The zero-order valence-corrected chi connectivity index (χ0v) is 5.75. The second-order valence-corrected chi connectivity index (χ2v) is 3.22. The van der Waals surface area contributed by atoms with Crippen LogP contribution in [-0.4, -0.2) is 27.7 Å². The van der Waals surface area contributed by atoms with Crippen molar-refractivity contribution < 1.29 is 0 Å². The van der Waals surface area contributed by atoms with Gasteiger partial charge < -0.3 is 9.22 Å². The molecule has 0 aromatic rings. The predicted octanol–water partition coefficient (Wildman–Crippen LogP) is -0.485. The van der Waals surface area contributed by atoms with Gasteiger partial charge in [-0.25, -0.2) is 0 Å². The minimum atomic E-state index is -0.251. The topological polar surface area (TPSA) is 15.6 Å². The van der Waals surface area contributed by atoms with Crippen LogP contribution in [0.25, 0.3) is 0 Å². The molecule has 0 aliphatic carbocycles. The molecule has 1 rings (SSSR count). The second-order valence-electron chi connectivity index (χ2n) is 1.57. The van der Waals surface area contributed by atoms with Crippen molar-refractivity contribution in [2.24, 2.45) is 4.66 Å². The van der Waals surface area contributed by atoms with Crippen molar-refractivity contribution in [3.05, 3.63) is 12.3 Å². The van der Waals surface area contributed by atoms with E-state index in [9.17, 15) is 0 Å². The smallest absolute Gasteiger partial charge is 0.251 e. The van der Waals surface area contributed by atoms with E-state index >= 15 is 0 Å². The molecule has 1 heterocycles. The average molecular weight is 112 g/mol. The molecule has 0 radical (unpaired) electrons. The molecule has 38 valence electrons. The van der Waals surface area contributed by atoms with Gasteiger partial charge in [0.05, 0.1) is 0 Å². The van der Waals surface area contributed by atoms with Crippen molar-refractivity contribution in [2.75, 3.05) is 7.05 Å².